The number of hydrogen-bond donors (Lipinski definition) is 3. The minimum atomic E-state index is -4.95. The van der Waals surface area contributed by atoms with Gasteiger partial charge in [0.15, 0.2) is 12.2 Å². The number of phosphoric acid groups is 2. The molecule has 3 N–H and O–H groups in total. The summed E-state index contributed by atoms with van der Waals surface area (Å²) in [5, 5.41) is 10.6. The van der Waals surface area contributed by atoms with Gasteiger partial charge in [0.05, 0.1) is 26.4 Å². The van der Waals surface area contributed by atoms with Crippen LogP contribution >= 0.6 is 15.6 Å². The van der Waals surface area contributed by atoms with E-state index in [4.69, 9.17) is 37.0 Å². The molecule has 0 radical (unpaired) electrons. The molecule has 7 atom stereocenters. The fraction of sp³-hybridized carbons (Fsp3) is 0.942. The van der Waals surface area contributed by atoms with Crippen LogP contribution < -0.4 is 0 Å². The van der Waals surface area contributed by atoms with Crippen LogP contribution in [0.1, 0.15) is 338 Å². The maximum atomic E-state index is 13.0. The molecule has 0 fully saturated rings. The second kappa shape index (κ2) is 58.8. The van der Waals surface area contributed by atoms with Gasteiger partial charge in [-0.25, -0.2) is 9.13 Å². The summed E-state index contributed by atoms with van der Waals surface area (Å²) in [6.45, 7) is 14.0. The first-order chi connectivity index (χ1) is 42.2. The molecule has 0 heterocycles. The Kier molecular flexibility index (Phi) is 57.6. The van der Waals surface area contributed by atoms with Crippen LogP contribution in [0.3, 0.4) is 0 Å². The second-order valence-electron chi connectivity index (χ2n) is 26.4. The predicted molar refractivity (Wildman–Crippen MR) is 354 cm³/mol. The maximum Gasteiger partial charge on any atom is 0.472 e. The van der Waals surface area contributed by atoms with Gasteiger partial charge < -0.3 is 33.8 Å². The van der Waals surface area contributed by atoms with E-state index >= 15 is 0 Å². The third kappa shape index (κ3) is 60.3. The van der Waals surface area contributed by atoms with Crippen molar-refractivity contribution in [2.75, 3.05) is 39.6 Å². The van der Waals surface area contributed by atoms with Crippen LogP contribution in [0, 0.1) is 23.7 Å². The number of hydrogen-bond acceptors (Lipinski definition) is 15. The number of unbranched alkanes of at least 4 members (excludes halogenated alkanes) is 30. The zero-order valence-corrected chi connectivity index (χ0v) is 59.1. The SMILES string of the molecule is CCC(C)CCCCCCCCCCCCCCCCC(=O)O[C@H](COC(=O)CCCCCCCCC(C)C)COP(=O)(O)OC[C@@H](O)COP(=O)(O)OC[C@@H](COC(=O)CCCCCCCCC(C)C)OC(=O)CCCCCCCCCCC(C)CC. The summed E-state index contributed by atoms with van der Waals surface area (Å²) in [5.41, 5.74) is 0. The molecular formula is C69H134O17P2. The lowest BCUT2D eigenvalue weighted by molar-refractivity contribution is -0.161. The van der Waals surface area contributed by atoms with Crippen molar-refractivity contribution in [2.45, 2.75) is 356 Å². The molecule has 0 aromatic heterocycles. The van der Waals surface area contributed by atoms with Crippen molar-refractivity contribution in [2.24, 2.45) is 23.7 Å². The summed E-state index contributed by atoms with van der Waals surface area (Å²) in [6.07, 6.45) is 40.5. The number of ether oxygens (including phenoxy) is 4. The number of rotatable bonds is 66. The average molecular weight is 1300 g/mol. The third-order valence-corrected chi connectivity index (χ3v) is 18.4. The van der Waals surface area contributed by atoms with Gasteiger partial charge in [0.25, 0.3) is 0 Å². The van der Waals surface area contributed by atoms with Crippen LogP contribution in [0.2, 0.25) is 0 Å². The number of carbonyl (C=O) groups excluding carboxylic acids is 4. The van der Waals surface area contributed by atoms with E-state index in [0.717, 1.165) is 115 Å². The van der Waals surface area contributed by atoms with Crippen LogP contribution in [0.4, 0.5) is 0 Å². The number of esters is 4. The topological polar surface area (TPSA) is 237 Å². The Bertz CT molecular complexity index is 1750. The highest BCUT2D eigenvalue weighted by molar-refractivity contribution is 7.47. The van der Waals surface area contributed by atoms with Gasteiger partial charge in [-0.2, -0.15) is 0 Å². The van der Waals surface area contributed by atoms with E-state index in [2.05, 4.69) is 55.4 Å². The lowest BCUT2D eigenvalue weighted by Gasteiger charge is -2.21. The highest BCUT2D eigenvalue weighted by Crippen LogP contribution is 2.45. The standard InChI is InChI=1S/C69H134O17P2/c1-9-61(7)47-39-31-21-17-15-13-11-12-14-16-18-23-35-43-51-68(73)85-64(55-79-66(71)49-41-33-27-25-29-37-45-59(3)4)57-83-87(75,76)81-53-63(70)54-82-88(77,78)84-58-65(56-80-67(72)50-42-34-28-26-30-38-46-60(5)6)86-69(74)52-44-36-24-20-19-22-32-40-48-62(8)10-2/h59-65,70H,9-58H2,1-8H3,(H,75,76)(H,77,78)/t61?,62?,63-,64-,65-/m1/s1. The molecule has 0 bridgehead atoms. The van der Waals surface area contributed by atoms with Gasteiger partial charge >= 0.3 is 39.5 Å². The number of aliphatic hydroxyl groups is 1. The number of carbonyl (C=O) groups is 4. The number of phosphoric ester groups is 2. The van der Waals surface area contributed by atoms with E-state index in [1.165, 1.54) is 128 Å². The van der Waals surface area contributed by atoms with Gasteiger partial charge in [-0.3, -0.25) is 37.3 Å². The zero-order valence-electron chi connectivity index (χ0n) is 57.3. The Morgan fingerprint density at radius 2 is 0.545 bits per heavy atom. The molecule has 19 heteroatoms. The van der Waals surface area contributed by atoms with Crippen molar-refractivity contribution in [3.8, 4) is 0 Å². The molecule has 0 aliphatic heterocycles. The first-order valence-electron chi connectivity index (χ1n) is 35.8. The smallest absolute Gasteiger partial charge is 0.462 e. The first-order valence-corrected chi connectivity index (χ1v) is 38.8. The summed E-state index contributed by atoms with van der Waals surface area (Å²) in [7, 11) is -9.90. The van der Waals surface area contributed by atoms with Gasteiger partial charge in [-0.05, 0) is 49.4 Å². The Morgan fingerprint density at radius 3 is 0.807 bits per heavy atom. The Morgan fingerprint density at radius 1 is 0.318 bits per heavy atom. The Balaban J connectivity index is 5.20. The van der Waals surface area contributed by atoms with Crippen molar-refractivity contribution in [3.05, 3.63) is 0 Å². The summed E-state index contributed by atoms with van der Waals surface area (Å²) < 4.78 is 68.2. The molecule has 0 saturated heterocycles. The normalized spacial score (nSPS) is 14.9. The Hall–Kier alpha value is -1.94. The van der Waals surface area contributed by atoms with Crippen LogP contribution in [-0.2, 0) is 65.4 Å². The van der Waals surface area contributed by atoms with Crippen LogP contribution in [-0.4, -0.2) is 96.7 Å². The van der Waals surface area contributed by atoms with Crippen LogP contribution in [0.5, 0.6) is 0 Å². The number of aliphatic hydroxyl groups excluding tert-OH is 1. The molecule has 522 valence electrons. The van der Waals surface area contributed by atoms with E-state index in [1.54, 1.807) is 0 Å². The largest absolute Gasteiger partial charge is 0.472 e. The molecule has 17 nitrogen and oxygen atoms in total. The molecule has 88 heavy (non-hydrogen) atoms. The highest BCUT2D eigenvalue weighted by Gasteiger charge is 2.30. The molecule has 0 aromatic carbocycles. The van der Waals surface area contributed by atoms with Crippen LogP contribution in [0.25, 0.3) is 0 Å². The zero-order chi connectivity index (χ0) is 65.4. The highest BCUT2D eigenvalue weighted by atomic mass is 31.2. The average Bonchev–Trinajstić information content (AvgIpc) is 3.59. The van der Waals surface area contributed by atoms with E-state index < -0.39 is 97.5 Å². The van der Waals surface area contributed by atoms with E-state index in [1.807, 2.05) is 0 Å². The predicted octanol–water partition coefficient (Wildman–Crippen LogP) is 19.3. The molecule has 0 spiro atoms. The van der Waals surface area contributed by atoms with Gasteiger partial charge in [0.2, 0.25) is 0 Å². The van der Waals surface area contributed by atoms with Gasteiger partial charge in [0, 0.05) is 25.7 Å². The lowest BCUT2D eigenvalue weighted by Crippen LogP contribution is -2.30. The lowest BCUT2D eigenvalue weighted by atomic mass is 9.99. The fourth-order valence-electron chi connectivity index (χ4n) is 10.2. The summed E-state index contributed by atoms with van der Waals surface area (Å²) >= 11 is 0. The van der Waals surface area contributed by atoms with Gasteiger partial charge in [0.1, 0.15) is 19.3 Å². The second-order valence-corrected chi connectivity index (χ2v) is 29.3. The van der Waals surface area contributed by atoms with E-state index in [0.29, 0.717) is 37.5 Å². The molecule has 0 aromatic rings. The molecular weight excluding hydrogens is 1160 g/mol. The minimum absolute atomic E-state index is 0.103. The summed E-state index contributed by atoms with van der Waals surface area (Å²) in [6, 6.07) is 0. The quantitative estimate of drug-likeness (QED) is 0.0222. The van der Waals surface area contributed by atoms with Crippen molar-refractivity contribution < 1.29 is 80.2 Å². The van der Waals surface area contributed by atoms with Crippen molar-refractivity contribution >= 4 is 39.5 Å². The van der Waals surface area contributed by atoms with Gasteiger partial charge in [-0.15, -0.1) is 0 Å². The van der Waals surface area contributed by atoms with E-state index in [-0.39, 0.29) is 25.7 Å². The molecule has 0 rings (SSSR count). The van der Waals surface area contributed by atoms with Crippen LogP contribution in [0.15, 0.2) is 0 Å². The van der Waals surface area contributed by atoms with E-state index in [9.17, 15) is 43.2 Å². The Labute approximate surface area is 537 Å². The van der Waals surface area contributed by atoms with Crippen molar-refractivity contribution in [1.29, 1.82) is 0 Å². The van der Waals surface area contributed by atoms with Crippen molar-refractivity contribution in [3.63, 3.8) is 0 Å². The first kappa shape index (κ1) is 86.1. The minimum Gasteiger partial charge on any atom is -0.462 e. The molecule has 0 amide bonds. The molecule has 0 aliphatic carbocycles. The third-order valence-electron chi connectivity index (χ3n) is 16.5. The summed E-state index contributed by atoms with van der Waals surface area (Å²) in [4.78, 5) is 72.4. The molecule has 0 saturated carbocycles. The van der Waals surface area contributed by atoms with Gasteiger partial charge in [-0.1, -0.05) is 287 Å². The maximum absolute atomic E-state index is 13.0. The molecule has 4 unspecified atom stereocenters. The molecule has 0 aliphatic rings. The summed E-state index contributed by atoms with van der Waals surface area (Å²) in [5.74, 6) is 0.838. The monoisotopic (exact) mass is 1300 g/mol. The fourth-order valence-corrected chi connectivity index (χ4v) is 11.8. The van der Waals surface area contributed by atoms with Crippen molar-refractivity contribution in [1.82, 2.24) is 0 Å².